The highest BCUT2D eigenvalue weighted by Gasteiger charge is 2.26. The standard InChI is InChI=1S/C15H19N3O2/c1-15(7-3-2-4-8-15)11-17-13-5-6-14(18(19)20)12(9-13)10-16/h5-6,9,17H,2-4,7-8,11H2,1H3. The maximum absolute atomic E-state index is 10.8. The normalized spacial score (nSPS) is 17.2. The average molecular weight is 273 g/mol. The van der Waals surface area contributed by atoms with Gasteiger partial charge in [-0.25, -0.2) is 0 Å². The Morgan fingerprint density at radius 2 is 2.10 bits per heavy atom. The van der Waals surface area contributed by atoms with E-state index in [1.165, 1.54) is 38.2 Å². The minimum Gasteiger partial charge on any atom is -0.384 e. The topological polar surface area (TPSA) is 79.0 Å². The Bertz CT molecular complexity index is 543. The molecule has 0 saturated heterocycles. The fourth-order valence-corrected chi connectivity index (χ4v) is 2.79. The maximum atomic E-state index is 10.8. The molecule has 1 aliphatic rings. The summed E-state index contributed by atoms with van der Waals surface area (Å²) in [6.07, 6.45) is 6.26. The fourth-order valence-electron chi connectivity index (χ4n) is 2.79. The molecular weight excluding hydrogens is 254 g/mol. The molecule has 1 aliphatic carbocycles. The SMILES string of the molecule is CC1(CNc2ccc([N+](=O)[O-])c(C#N)c2)CCCCC1. The van der Waals surface area contributed by atoms with Crippen LogP contribution in [0.5, 0.6) is 0 Å². The number of nitriles is 1. The highest BCUT2D eigenvalue weighted by molar-refractivity contribution is 5.58. The summed E-state index contributed by atoms with van der Waals surface area (Å²) in [4.78, 5) is 10.3. The Labute approximate surface area is 118 Å². The maximum Gasteiger partial charge on any atom is 0.287 e. The molecule has 0 spiro atoms. The number of hydrogen-bond donors (Lipinski definition) is 1. The summed E-state index contributed by atoms with van der Waals surface area (Å²) in [6, 6.07) is 6.51. The van der Waals surface area contributed by atoms with Crippen molar-refractivity contribution >= 4 is 11.4 Å². The molecule has 1 aromatic rings. The smallest absolute Gasteiger partial charge is 0.287 e. The van der Waals surface area contributed by atoms with Crippen LogP contribution in [0.2, 0.25) is 0 Å². The monoisotopic (exact) mass is 273 g/mol. The number of rotatable bonds is 4. The van der Waals surface area contributed by atoms with Crippen molar-refractivity contribution in [2.45, 2.75) is 39.0 Å². The molecule has 0 aromatic heterocycles. The minimum absolute atomic E-state index is 0.105. The molecule has 106 valence electrons. The molecular formula is C15H19N3O2. The molecule has 1 aromatic carbocycles. The van der Waals surface area contributed by atoms with Gasteiger partial charge in [0.05, 0.1) is 4.92 Å². The van der Waals surface area contributed by atoms with Gasteiger partial charge in [-0.15, -0.1) is 0 Å². The van der Waals surface area contributed by atoms with Gasteiger partial charge in [0, 0.05) is 18.3 Å². The van der Waals surface area contributed by atoms with E-state index >= 15 is 0 Å². The number of nitro groups is 1. The van der Waals surface area contributed by atoms with E-state index in [0.29, 0.717) is 0 Å². The first-order valence-corrected chi connectivity index (χ1v) is 6.96. The van der Waals surface area contributed by atoms with Crippen LogP contribution in [0.4, 0.5) is 11.4 Å². The van der Waals surface area contributed by atoms with E-state index in [2.05, 4.69) is 12.2 Å². The highest BCUT2D eigenvalue weighted by atomic mass is 16.6. The largest absolute Gasteiger partial charge is 0.384 e. The number of nitrogens with one attached hydrogen (secondary N) is 1. The number of nitro benzene ring substituents is 1. The van der Waals surface area contributed by atoms with E-state index in [-0.39, 0.29) is 16.7 Å². The zero-order valence-electron chi connectivity index (χ0n) is 11.7. The van der Waals surface area contributed by atoms with Crippen molar-refractivity contribution in [3.05, 3.63) is 33.9 Å². The second kappa shape index (κ2) is 5.91. The summed E-state index contributed by atoms with van der Waals surface area (Å²) in [5.74, 6) is 0. The van der Waals surface area contributed by atoms with Gasteiger partial charge in [-0.05, 0) is 30.4 Å². The molecule has 1 saturated carbocycles. The predicted octanol–water partition coefficient (Wildman–Crippen LogP) is 3.85. The van der Waals surface area contributed by atoms with Crippen LogP contribution in [0.1, 0.15) is 44.6 Å². The molecule has 0 aliphatic heterocycles. The number of anilines is 1. The first kappa shape index (κ1) is 14.3. The van der Waals surface area contributed by atoms with Gasteiger partial charge in [0.1, 0.15) is 11.6 Å². The van der Waals surface area contributed by atoms with Crippen LogP contribution < -0.4 is 5.32 Å². The van der Waals surface area contributed by atoms with Crippen LogP contribution in [0, 0.1) is 26.9 Å². The summed E-state index contributed by atoms with van der Waals surface area (Å²) in [7, 11) is 0. The van der Waals surface area contributed by atoms with Gasteiger partial charge in [0.2, 0.25) is 0 Å². The van der Waals surface area contributed by atoms with Crippen LogP contribution in [-0.4, -0.2) is 11.5 Å². The number of benzene rings is 1. The summed E-state index contributed by atoms with van der Waals surface area (Å²) in [5.41, 5.74) is 1.03. The van der Waals surface area contributed by atoms with Gasteiger partial charge in [-0.1, -0.05) is 26.2 Å². The Morgan fingerprint density at radius 3 is 2.70 bits per heavy atom. The first-order valence-electron chi connectivity index (χ1n) is 6.96. The van der Waals surface area contributed by atoms with E-state index in [0.717, 1.165) is 12.2 Å². The summed E-state index contributed by atoms with van der Waals surface area (Å²) in [6.45, 7) is 3.12. The lowest BCUT2D eigenvalue weighted by Crippen LogP contribution is -2.28. The molecule has 2 rings (SSSR count). The molecule has 1 N–H and O–H groups in total. The van der Waals surface area contributed by atoms with Crippen LogP contribution >= 0.6 is 0 Å². The third-order valence-corrected chi connectivity index (χ3v) is 4.09. The van der Waals surface area contributed by atoms with Crippen LogP contribution in [-0.2, 0) is 0 Å². The Morgan fingerprint density at radius 1 is 1.40 bits per heavy atom. The first-order chi connectivity index (χ1) is 9.54. The molecule has 20 heavy (non-hydrogen) atoms. The highest BCUT2D eigenvalue weighted by Crippen LogP contribution is 2.36. The number of hydrogen-bond acceptors (Lipinski definition) is 4. The molecule has 5 heteroatoms. The van der Waals surface area contributed by atoms with E-state index in [4.69, 9.17) is 5.26 Å². The van der Waals surface area contributed by atoms with Gasteiger partial charge in [-0.2, -0.15) is 5.26 Å². The Hall–Kier alpha value is -2.09. The molecule has 0 atom stereocenters. The van der Waals surface area contributed by atoms with Crippen molar-refractivity contribution in [1.29, 1.82) is 5.26 Å². The lowest BCUT2D eigenvalue weighted by Gasteiger charge is -2.34. The summed E-state index contributed by atoms with van der Waals surface area (Å²) in [5, 5.41) is 23.1. The van der Waals surface area contributed by atoms with Crippen molar-refractivity contribution in [2.24, 2.45) is 5.41 Å². The molecule has 0 heterocycles. The van der Waals surface area contributed by atoms with E-state index < -0.39 is 4.92 Å². The van der Waals surface area contributed by atoms with Gasteiger partial charge < -0.3 is 5.32 Å². The number of nitrogens with zero attached hydrogens (tertiary/aromatic N) is 2. The van der Waals surface area contributed by atoms with Crippen molar-refractivity contribution in [2.75, 3.05) is 11.9 Å². The second-order valence-corrected chi connectivity index (χ2v) is 5.83. The van der Waals surface area contributed by atoms with Crippen molar-refractivity contribution in [1.82, 2.24) is 0 Å². The minimum atomic E-state index is -0.523. The van der Waals surface area contributed by atoms with Gasteiger partial charge in [0.25, 0.3) is 5.69 Å². The zero-order chi connectivity index (χ0) is 14.6. The molecule has 0 bridgehead atoms. The third-order valence-electron chi connectivity index (χ3n) is 4.09. The molecule has 0 amide bonds. The second-order valence-electron chi connectivity index (χ2n) is 5.83. The van der Waals surface area contributed by atoms with E-state index in [9.17, 15) is 10.1 Å². The van der Waals surface area contributed by atoms with Crippen LogP contribution in [0.25, 0.3) is 0 Å². The lowest BCUT2D eigenvalue weighted by atomic mass is 9.76. The summed E-state index contributed by atoms with van der Waals surface area (Å²) < 4.78 is 0. The van der Waals surface area contributed by atoms with Crippen LogP contribution in [0.15, 0.2) is 18.2 Å². The fraction of sp³-hybridized carbons (Fsp3) is 0.533. The van der Waals surface area contributed by atoms with Crippen molar-refractivity contribution in [3.63, 3.8) is 0 Å². The lowest BCUT2D eigenvalue weighted by molar-refractivity contribution is -0.385. The van der Waals surface area contributed by atoms with E-state index in [1.54, 1.807) is 12.1 Å². The van der Waals surface area contributed by atoms with E-state index in [1.807, 2.05) is 6.07 Å². The molecule has 0 unspecified atom stereocenters. The average Bonchev–Trinajstić information content (AvgIpc) is 2.45. The van der Waals surface area contributed by atoms with Gasteiger partial charge >= 0.3 is 0 Å². The quantitative estimate of drug-likeness (QED) is 0.667. The van der Waals surface area contributed by atoms with Crippen molar-refractivity contribution in [3.8, 4) is 6.07 Å². The molecule has 0 radical (unpaired) electrons. The van der Waals surface area contributed by atoms with Crippen LogP contribution in [0.3, 0.4) is 0 Å². The molecule has 5 nitrogen and oxygen atoms in total. The Balaban J connectivity index is 2.07. The molecule has 1 fully saturated rings. The van der Waals surface area contributed by atoms with Gasteiger partial charge in [-0.3, -0.25) is 10.1 Å². The Kier molecular flexibility index (Phi) is 4.23. The third kappa shape index (κ3) is 3.27. The van der Waals surface area contributed by atoms with Crippen molar-refractivity contribution < 1.29 is 4.92 Å². The summed E-state index contributed by atoms with van der Waals surface area (Å²) >= 11 is 0. The van der Waals surface area contributed by atoms with Gasteiger partial charge in [0.15, 0.2) is 0 Å². The zero-order valence-corrected chi connectivity index (χ0v) is 11.7. The predicted molar refractivity (Wildman–Crippen MR) is 77.5 cm³/mol.